The Morgan fingerprint density at radius 3 is 2.65 bits per heavy atom. The largest absolute Gasteiger partial charge is 0.396 e. The molecule has 2 rings (SSSR count). The summed E-state index contributed by atoms with van der Waals surface area (Å²) in [6, 6.07) is 6.83. The van der Waals surface area contributed by atoms with E-state index in [0.29, 0.717) is 12.6 Å². The Labute approximate surface area is 104 Å². The van der Waals surface area contributed by atoms with Gasteiger partial charge < -0.3 is 10.4 Å². The van der Waals surface area contributed by atoms with Gasteiger partial charge in [-0.3, -0.25) is 0 Å². The molecular formula is C15H23NO. The number of aryl methyl sites for hydroxylation is 1. The first-order chi connectivity index (χ1) is 8.08. The van der Waals surface area contributed by atoms with Crippen LogP contribution in [0.2, 0.25) is 0 Å². The smallest absolute Gasteiger partial charge is 0.0499 e. The fourth-order valence-corrected chi connectivity index (χ4v) is 2.29. The zero-order valence-electron chi connectivity index (χ0n) is 11.1. The normalized spacial score (nSPS) is 19.1. The topological polar surface area (TPSA) is 32.3 Å². The van der Waals surface area contributed by atoms with E-state index in [0.717, 1.165) is 19.4 Å². The second-order valence-electron chi connectivity index (χ2n) is 5.55. The molecule has 2 heteroatoms. The minimum Gasteiger partial charge on any atom is -0.396 e. The zero-order valence-corrected chi connectivity index (χ0v) is 11.1. The SMILES string of the molecule is Cc1cccc(C(C)NCC2(CO)CC2)c1C. The summed E-state index contributed by atoms with van der Waals surface area (Å²) in [6.07, 6.45) is 2.33. The Hall–Kier alpha value is -0.860. The molecule has 1 fully saturated rings. The van der Waals surface area contributed by atoms with E-state index >= 15 is 0 Å². The van der Waals surface area contributed by atoms with Crippen molar-refractivity contribution >= 4 is 0 Å². The molecule has 0 radical (unpaired) electrons. The van der Waals surface area contributed by atoms with Gasteiger partial charge in [-0.05, 0) is 50.3 Å². The molecule has 2 N–H and O–H groups in total. The summed E-state index contributed by atoms with van der Waals surface area (Å²) < 4.78 is 0. The van der Waals surface area contributed by atoms with Gasteiger partial charge in [0, 0.05) is 24.6 Å². The van der Waals surface area contributed by atoms with Crippen LogP contribution in [0.15, 0.2) is 18.2 Å². The first-order valence-corrected chi connectivity index (χ1v) is 6.48. The van der Waals surface area contributed by atoms with Crippen LogP contribution in [0.3, 0.4) is 0 Å². The zero-order chi connectivity index (χ0) is 12.5. The minimum atomic E-state index is 0.186. The molecule has 0 amide bonds. The molecule has 1 aromatic carbocycles. The van der Waals surface area contributed by atoms with Crippen LogP contribution in [0.25, 0.3) is 0 Å². The first-order valence-electron chi connectivity index (χ1n) is 6.48. The summed E-state index contributed by atoms with van der Waals surface area (Å²) in [5.74, 6) is 0. The molecule has 1 saturated carbocycles. The molecule has 0 aromatic heterocycles. The van der Waals surface area contributed by atoms with Crippen molar-refractivity contribution in [1.82, 2.24) is 5.32 Å². The van der Waals surface area contributed by atoms with E-state index in [1.54, 1.807) is 0 Å². The molecule has 1 aliphatic carbocycles. The van der Waals surface area contributed by atoms with Gasteiger partial charge in [-0.25, -0.2) is 0 Å². The molecule has 1 aromatic rings. The van der Waals surface area contributed by atoms with Crippen LogP contribution in [0.4, 0.5) is 0 Å². The summed E-state index contributed by atoms with van der Waals surface area (Å²) >= 11 is 0. The molecule has 17 heavy (non-hydrogen) atoms. The monoisotopic (exact) mass is 233 g/mol. The van der Waals surface area contributed by atoms with Crippen LogP contribution in [0.5, 0.6) is 0 Å². The quantitative estimate of drug-likeness (QED) is 0.819. The molecule has 0 saturated heterocycles. The molecule has 0 heterocycles. The Balaban J connectivity index is 2.00. The maximum Gasteiger partial charge on any atom is 0.0499 e. The lowest BCUT2D eigenvalue weighted by Gasteiger charge is -2.21. The van der Waals surface area contributed by atoms with E-state index in [9.17, 15) is 5.11 Å². The summed E-state index contributed by atoms with van der Waals surface area (Å²) in [5.41, 5.74) is 4.28. The van der Waals surface area contributed by atoms with Gasteiger partial charge in [0.25, 0.3) is 0 Å². The van der Waals surface area contributed by atoms with E-state index in [4.69, 9.17) is 0 Å². The fourth-order valence-electron chi connectivity index (χ4n) is 2.29. The summed E-state index contributed by atoms with van der Waals surface area (Å²) in [7, 11) is 0. The third kappa shape index (κ3) is 2.70. The van der Waals surface area contributed by atoms with Crippen molar-refractivity contribution in [1.29, 1.82) is 0 Å². The highest BCUT2D eigenvalue weighted by Gasteiger charge is 2.41. The summed E-state index contributed by atoms with van der Waals surface area (Å²) in [5, 5.41) is 12.9. The molecular weight excluding hydrogens is 210 g/mol. The number of hydrogen-bond donors (Lipinski definition) is 2. The Morgan fingerprint density at radius 1 is 1.35 bits per heavy atom. The van der Waals surface area contributed by atoms with Crippen LogP contribution >= 0.6 is 0 Å². The lowest BCUT2D eigenvalue weighted by atomic mass is 9.98. The van der Waals surface area contributed by atoms with E-state index in [1.165, 1.54) is 16.7 Å². The predicted octanol–water partition coefficient (Wildman–Crippen LogP) is 2.73. The Kier molecular flexibility index (Phi) is 3.55. The van der Waals surface area contributed by atoms with Crippen LogP contribution in [0, 0.1) is 19.3 Å². The second kappa shape index (κ2) is 4.79. The van der Waals surface area contributed by atoms with Gasteiger partial charge in [-0.1, -0.05) is 18.2 Å². The molecule has 1 aliphatic rings. The van der Waals surface area contributed by atoms with Crippen molar-refractivity contribution in [2.45, 2.75) is 39.7 Å². The highest BCUT2D eigenvalue weighted by atomic mass is 16.3. The van der Waals surface area contributed by atoms with E-state index in [-0.39, 0.29) is 5.41 Å². The van der Waals surface area contributed by atoms with Gasteiger partial charge >= 0.3 is 0 Å². The van der Waals surface area contributed by atoms with Gasteiger partial charge in [-0.15, -0.1) is 0 Å². The summed E-state index contributed by atoms with van der Waals surface area (Å²) in [6.45, 7) is 7.79. The molecule has 1 atom stereocenters. The molecule has 0 aliphatic heterocycles. The lowest BCUT2D eigenvalue weighted by Crippen LogP contribution is -2.29. The fraction of sp³-hybridized carbons (Fsp3) is 0.600. The van der Waals surface area contributed by atoms with Crippen LogP contribution < -0.4 is 5.32 Å². The first kappa shape index (κ1) is 12.6. The van der Waals surface area contributed by atoms with Gasteiger partial charge in [0.15, 0.2) is 0 Å². The van der Waals surface area contributed by atoms with Gasteiger partial charge in [0.1, 0.15) is 0 Å². The molecule has 0 spiro atoms. The third-order valence-corrected chi connectivity index (χ3v) is 4.19. The van der Waals surface area contributed by atoms with Gasteiger partial charge in [0.2, 0.25) is 0 Å². The molecule has 0 bridgehead atoms. The van der Waals surface area contributed by atoms with Gasteiger partial charge in [0.05, 0.1) is 0 Å². The number of rotatable bonds is 5. The van der Waals surface area contributed by atoms with Crippen LogP contribution in [-0.4, -0.2) is 18.3 Å². The summed E-state index contributed by atoms with van der Waals surface area (Å²) in [4.78, 5) is 0. The van der Waals surface area contributed by atoms with Crippen molar-refractivity contribution in [2.75, 3.05) is 13.2 Å². The van der Waals surface area contributed by atoms with E-state index in [2.05, 4.69) is 44.3 Å². The number of aliphatic hydroxyl groups excluding tert-OH is 1. The maximum atomic E-state index is 9.30. The average molecular weight is 233 g/mol. The van der Waals surface area contributed by atoms with Crippen molar-refractivity contribution in [2.24, 2.45) is 5.41 Å². The Bertz CT molecular complexity index is 396. The second-order valence-corrected chi connectivity index (χ2v) is 5.55. The van der Waals surface area contributed by atoms with Crippen molar-refractivity contribution < 1.29 is 5.11 Å². The standard InChI is InChI=1S/C15H23NO/c1-11-5-4-6-14(12(11)2)13(3)16-9-15(10-17)7-8-15/h4-6,13,16-17H,7-10H2,1-3H3. The van der Waals surface area contributed by atoms with E-state index in [1.807, 2.05) is 0 Å². The maximum absolute atomic E-state index is 9.30. The van der Waals surface area contributed by atoms with Crippen molar-refractivity contribution in [3.63, 3.8) is 0 Å². The number of benzene rings is 1. The van der Waals surface area contributed by atoms with Gasteiger partial charge in [-0.2, -0.15) is 0 Å². The highest BCUT2D eigenvalue weighted by molar-refractivity contribution is 5.35. The molecule has 1 unspecified atom stereocenters. The van der Waals surface area contributed by atoms with E-state index < -0.39 is 0 Å². The predicted molar refractivity (Wildman–Crippen MR) is 71.1 cm³/mol. The third-order valence-electron chi connectivity index (χ3n) is 4.19. The Morgan fingerprint density at radius 2 is 2.06 bits per heavy atom. The molecule has 2 nitrogen and oxygen atoms in total. The molecule has 94 valence electrons. The van der Waals surface area contributed by atoms with Crippen molar-refractivity contribution in [3.8, 4) is 0 Å². The van der Waals surface area contributed by atoms with Crippen LogP contribution in [0.1, 0.15) is 42.5 Å². The average Bonchev–Trinajstić information content (AvgIpc) is 3.10. The number of nitrogens with one attached hydrogen (secondary N) is 1. The number of hydrogen-bond acceptors (Lipinski definition) is 2. The van der Waals surface area contributed by atoms with Crippen molar-refractivity contribution in [3.05, 3.63) is 34.9 Å². The highest BCUT2D eigenvalue weighted by Crippen LogP contribution is 2.44. The number of aliphatic hydroxyl groups is 1. The minimum absolute atomic E-state index is 0.186. The lowest BCUT2D eigenvalue weighted by molar-refractivity contribution is 0.204. The van der Waals surface area contributed by atoms with Crippen LogP contribution in [-0.2, 0) is 0 Å².